The minimum Gasteiger partial charge on any atom is -0.462 e. The number of anilines is 1. The molecule has 1 aromatic carbocycles. The molecule has 0 saturated heterocycles. The summed E-state index contributed by atoms with van der Waals surface area (Å²) in [6.07, 6.45) is 3.10. The Bertz CT molecular complexity index is 623. The van der Waals surface area contributed by atoms with Crippen molar-refractivity contribution < 1.29 is 13.9 Å². The highest BCUT2D eigenvalue weighted by Crippen LogP contribution is 2.30. The van der Waals surface area contributed by atoms with E-state index in [4.69, 9.17) is 10.5 Å². The lowest BCUT2D eigenvalue weighted by Gasteiger charge is -2.08. The van der Waals surface area contributed by atoms with Crippen LogP contribution in [-0.4, -0.2) is 22.5 Å². The first kappa shape index (κ1) is 14.3. The minimum atomic E-state index is -0.583. The van der Waals surface area contributed by atoms with Gasteiger partial charge in [0.15, 0.2) is 5.16 Å². The topological polar surface area (TPSA) is 78.1 Å². The first-order chi connectivity index (χ1) is 9.61. The van der Waals surface area contributed by atoms with Crippen molar-refractivity contribution in [3.05, 3.63) is 42.0 Å². The van der Waals surface area contributed by atoms with Gasteiger partial charge in [-0.05, 0) is 36.9 Å². The van der Waals surface area contributed by atoms with Gasteiger partial charge in [0.25, 0.3) is 0 Å². The number of carbonyl (C=O) groups is 1. The largest absolute Gasteiger partial charge is 0.462 e. The maximum absolute atomic E-state index is 13.9. The Morgan fingerprint density at radius 3 is 2.75 bits per heavy atom. The number of rotatable bonds is 4. The molecule has 104 valence electrons. The lowest BCUT2D eigenvalue weighted by atomic mass is 10.2. The van der Waals surface area contributed by atoms with E-state index < -0.39 is 11.8 Å². The summed E-state index contributed by atoms with van der Waals surface area (Å²) in [6.45, 7) is 1.91. The smallest absolute Gasteiger partial charge is 0.340 e. The number of aromatic nitrogens is 2. The van der Waals surface area contributed by atoms with Gasteiger partial charge in [0, 0.05) is 18.1 Å². The third-order valence-electron chi connectivity index (χ3n) is 2.34. The zero-order valence-electron chi connectivity index (χ0n) is 10.7. The summed E-state index contributed by atoms with van der Waals surface area (Å²) in [5.41, 5.74) is 5.81. The third kappa shape index (κ3) is 3.24. The SMILES string of the molecule is CCOC(=O)c1cc(Sc2ncccn2)c(F)cc1N. The predicted molar refractivity (Wildman–Crippen MR) is 72.9 cm³/mol. The highest BCUT2D eigenvalue weighted by molar-refractivity contribution is 7.99. The molecule has 0 atom stereocenters. The summed E-state index contributed by atoms with van der Waals surface area (Å²) in [7, 11) is 0. The summed E-state index contributed by atoms with van der Waals surface area (Å²) in [5.74, 6) is -1.12. The van der Waals surface area contributed by atoms with E-state index in [1.165, 1.54) is 6.07 Å². The molecule has 0 aliphatic heterocycles. The van der Waals surface area contributed by atoms with E-state index >= 15 is 0 Å². The van der Waals surface area contributed by atoms with Crippen LogP contribution in [0.2, 0.25) is 0 Å². The van der Waals surface area contributed by atoms with Gasteiger partial charge in [-0.3, -0.25) is 0 Å². The average molecular weight is 293 g/mol. The normalized spacial score (nSPS) is 10.3. The second-order valence-corrected chi connectivity index (χ2v) is 4.73. The molecule has 5 nitrogen and oxygen atoms in total. The van der Waals surface area contributed by atoms with E-state index in [-0.39, 0.29) is 22.8 Å². The van der Waals surface area contributed by atoms with E-state index in [1.807, 2.05) is 0 Å². The van der Waals surface area contributed by atoms with Crippen molar-refractivity contribution in [1.29, 1.82) is 0 Å². The Morgan fingerprint density at radius 2 is 2.10 bits per heavy atom. The molecular weight excluding hydrogens is 281 g/mol. The molecule has 0 spiro atoms. The van der Waals surface area contributed by atoms with Crippen molar-refractivity contribution >= 4 is 23.4 Å². The number of nitrogen functional groups attached to an aromatic ring is 1. The molecule has 0 unspecified atom stereocenters. The molecule has 2 rings (SSSR count). The van der Waals surface area contributed by atoms with Gasteiger partial charge in [-0.15, -0.1) is 0 Å². The first-order valence-corrected chi connectivity index (χ1v) is 6.64. The summed E-state index contributed by atoms with van der Waals surface area (Å²) >= 11 is 1.01. The summed E-state index contributed by atoms with van der Waals surface area (Å²) in [5, 5.41) is 0.381. The molecule has 1 aromatic heterocycles. The summed E-state index contributed by atoms with van der Waals surface area (Å²) in [4.78, 5) is 19.9. The zero-order chi connectivity index (χ0) is 14.5. The summed E-state index contributed by atoms with van der Waals surface area (Å²) < 4.78 is 18.7. The quantitative estimate of drug-likeness (QED) is 0.530. The van der Waals surface area contributed by atoms with Crippen LogP contribution in [0.25, 0.3) is 0 Å². The van der Waals surface area contributed by atoms with Gasteiger partial charge in [-0.25, -0.2) is 19.2 Å². The number of benzene rings is 1. The molecular formula is C13H12FN3O2S. The van der Waals surface area contributed by atoms with Crippen LogP contribution in [0.1, 0.15) is 17.3 Å². The van der Waals surface area contributed by atoms with Gasteiger partial charge in [0.05, 0.1) is 17.1 Å². The molecule has 0 aliphatic carbocycles. The van der Waals surface area contributed by atoms with Gasteiger partial charge >= 0.3 is 5.97 Å². The lowest BCUT2D eigenvalue weighted by Crippen LogP contribution is -2.09. The molecule has 1 heterocycles. The van der Waals surface area contributed by atoms with Gasteiger partial charge in [-0.2, -0.15) is 0 Å². The van der Waals surface area contributed by atoms with Gasteiger partial charge < -0.3 is 10.5 Å². The maximum atomic E-state index is 13.9. The van der Waals surface area contributed by atoms with E-state index in [9.17, 15) is 9.18 Å². The average Bonchev–Trinajstić information content (AvgIpc) is 2.43. The standard InChI is InChI=1S/C13H12FN3O2S/c1-2-19-12(18)8-6-11(9(14)7-10(8)15)20-13-16-4-3-5-17-13/h3-7H,2,15H2,1H3. The highest BCUT2D eigenvalue weighted by atomic mass is 32.2. The van der Waals surface area contributed by atoms with Gasteiger partial charge in [-0.1, -0.05) is 0 Å². The van der Waals surface area contributed by atoms with E-state index in [0.29, 0.717) is 5.16 Å². The van der Waals surface area contributed by atoms with Crippen LogP contribution < -0.4 is 5.73 Å². The molecule has 0 bridgehead atoms. The van der Waals surface area contributed by atoms with Crippen LogP contribution in [0.5, 0.6) is 0 Å². The van der Waals surface area contributed by atoms with E-state index in [0.717, 1.165) is 17.8 Å². The number of hydrogen-bond acceptors (Lipinski definition) is 6. The predicted octanol–water partition coefficient (Wildman–Crippen LogP) is 2.53. The highest BCUT2D eigenvalue weighted by Gasteiger charge is 2.16. The Labute approximate surface area is 119 Å². The Morgan fingerprint density at radius 1 is 1.40 bits per heavy atom. The van der Waals surface area contributed by atoms with Crippen LogP contribution in [0.15, 0.2) is 40.6 Å². The second kappa shape index (κ2) is 6.33. The lowest BCUT2D eigenvalue weighted by molar-refractivity contribution is 0.0527. The number of halogens is 1. The Balaban J connectivity index is 2.34. The van der Waals surface area contributed by atoms with Crippen LogP contribution >= 0.6 is 11.8 Å². The van der Waals surface area contributed by atoms with Crippen LogP contribution in [0, 0.1) is 5.82 Å². The zero-order valence-corrected chi connectivity index (χ0v) is 11.5. The molecule has 2 aromatic rings. The van der Waals surface area contributed by atoms with Gasteiger partial charge in [0.2, 0.25) is 0 Å². The Hall–Kier alpha value is -2.15. The van der Waals surface area contributed by atoms with E-state index in [2.05, 4.69) is 9.97 Å². The number of nitrogens with zero attached hydrogens (tertiary/aromatic N) is 2. The maximum Gasteiger partial charge on any atom is 0.340 e. The molecule has 0 saturated carbocycles. The van der Waals surface area contributed by atoms with Crippen LogP contribution in [-0.2, 0) is 4.74 Å². The van der Waals surface area contributed by atoms with Crippen molar-refractivity contribution in [3.8, 4) is 0 Å². The van der Waals surface area contributed by atoms with Gasteiger partial charge in [0.1, 0.15) is 5.82 Å². The third-order valence-corrected chi connectivity index (χ3v) is 3.27. The molecule has 0 amide bonds. The minimum absolute atomic E-state index is 0.0410. The Kier molecular flexibility index (Phi) is 4.52. The van der Waals surface area contributed by atoms with E-state index in [1.54, 1.807) is 25.4 Å². The monoisotopic (exact) mass is 293 g/mol. The van der Waals surface area contributed by atoms with Crippen molar-refractivity contribution in [1.82, 2.24) is 9.97 Å². The number of carbonyl (C=O) groups excluding carboxylic acids is 1. The molecule has 7 heteroatoms. The van der Waals surface area contributed by atoms with Crippen LogP contribution in [0.4, 0.5) is 10.1 Å². The molecule has 0 aliphatic rings. The molecule has 2 N–H and O–H groups in total. The molecule has 20 heavy (non-hydrogen) atoms. The number of nitrogens with two attached hydrogens (primary N) is 1. The van der Waals surface area contributed by atoms with Crippen molar-refractivity contribution in [2.45, 2.75) is 17.0 Å². The number of esters is 1. The van der Waals surface area contributed by atoms with Crippen LogP contribution in [0.3, 0.4) is 0 Å². The van der Waals surface area contributed by atoms with Crippen molar-refractivity contribution in [2.24, 2.45) is 0 Å². The number of hydrogen-bond donors (Lipinski definition) is 1. The fraction of sp³-hybridized carbons (Fsp3) is 0.154. The molecule has 0 fully saturated rings. The number of ether oxygens (including phenoxy) is 1. The van der Waals surface area contributed by atoms with Crippen molar-refractivity contribution in [2.75, 3.05) is 12.3 Å². The second-order valence-electron chi connectivity index (χ2n) is 3.72. The first-order valence-electron chi connectivity index (χ1n) is 5.82. The fourth-order valence-electron chi connectivity index (χ4n) is 1.47. The molecule has 0 radical (unpaired) electrons. The summed E-state index contributed by atoms with van der Waals surface area (Å²) in [6, 6.07) is 4.11. The fourth-order valence-corrected chi connectivity index (χ4v) is 2.23. The van der Waals surface area contributed by atoms with Crippen molar-refractivity contribution in [3.63, 3.8) is 0 Å².